The van der Waals surface area contributed by atoms with Crippen LogP contribution in [0.25, 0.3) is 43.7 Å². The zero-order valence-electron chi connectivity index (χ0n) is 23.3. The molecule has 1 fully saturated rings. The van der Waals surface area contributed by atoms with Gasteiger partial charge in [0.15, 0.2) is 22.9 Å². The van der Waals surface area contributed by atoms with Crippen molar-refractivity contribution in [3.05, 3.63) is 154 Å². The summed E-state index contributed by atoms with van der Waals surface area (Å²) in [7, 11) is 0. The monoisotopic (exact) mass is 610 g/mol. The van der Waals surface area contributed by atoms with Crippen molar-refractivity contribution in [2.45, 2.75) is 23.7 Å². The van der Waals surface area contributed by atoms with Gasteiger partial charge in [0.05, 0.1) is 11.8 Å². The number of benzene rings is 6. The van der Waals surface area contributed by atoms with Crippen LogP contribution in [0, 0.1) is 0 Å². The summed E-state index contributed by atoms with van der Waals surface area (Å²) < 4.78 is 13.1. The molecule has 0 radical (unpaired) electrons. The Morgan fingerprint density at radius 3 is 1.36 bits per heavy atom. The molecule has 6 aromatic carbocycles. The van der Waals surface area contributed by atoms with Crippen molar-refractivity contribution in [1.82, 2.24) is 9.97 Å². The number of hydrogen-bond donors (Lipinski definition) is 0. The zero-order chi connectivity index (χ0) is 29.4. The molecule has 2 heterocycles. The predicted molar refractivity (Wildman–Crippen MR) is 177 cm³/mol. The number of halogens is 2. The van der Waals surface area contributed by atoms with E-state index in [0.29, 0.717) is 33.0 Å². The molecule has 44 heavy (non-hydrogen) atoms. The summed E-state index contributed by atoms with van der Waals surface area (Å²) in [6, 6.07) is 41.4. The molecule has 212 valence electrons. The highest BCUT2D eigenvalue weighted by atomic mass is 35.5. The van der Waals surface area contributed by atoms with Crippen LogP contribution in [-0.2, 0) is 0 Å². The van der Waals surface area contributed by atoms with E-state index >= 15 is 0 Å². The number of fused-ring (bicyclic) bond motifs is 4. The molecular weight excluding hydrogens is 587 g/mol. The number of nitrogens with zero attached hydrogens (tertiary/aromatic N) is 2. The van der Waals surface area contributed by atoms with E-state index in [1.165, 1.54) is 32.7 Å². The van der Waals surface area contributed by atoms with E-state index in [-0.39, 0.29) is 23.7 Å². The first-order valence-corrected chi connectivity index (χ1v) is 15.5. The van der Waals surface area contributed by atoms with Gasteiger partial charge in [0, 0.05) is 21.9 Å². The average molecular weight is 612 g/mol. The minimum absolute atomic E-state index is 0.0269. The molecule has 0 amide bonds. The summed E-state index contributed by atoms with van der Waals surface area (Å²) in [6.45, 7) is 0. The first-order chi connectivity index (χ1) is 21.6. The molecule has 1 aliphatic rings. The lowest BCUT2D eigenvalue weighted by Crippen LogP contribution is -2.40. The normalized spacial score (nSPS) is 20.0. The van der Waals surface area contributed by atoms with Crippen molar-refractivity contribution in [3.63, 3.8) is 0 Å². The molecule has 0 spiro atoms. The zero-order valence-corrected chi connectivity index (χ0v) is 24.8. The van der Waals surface area contributed by atoms with E-state index in [1.807, 2.05) is 36.4 Å². The number of oxazole rings is 2. The smallest absolute Gasteiger partial charge is 0.200 e. The van der Waals surface area contributed by atoms with Crippen molar-refractivity contribution in [2.75, 3.05) is 0 Å². The van der Waals surface area contributed by atoms with Crippen molar-refractivity contribution in [2.24, 2.45) is 0 Å². The molecule has 0 unspecified atom stereocenters. The SMILES string of the molecule is Clc1ccc2oc([C@@H]3[C@H](c4nc5cc(Cl)ccc5o4)[C@@H](c4cccc5ccccc45)[C@H]3c3cccc4ccccc34)nc2c1. The average Bonchev–Trinajstić information content (AvgIpc) is 3.64. The van der Waals surface area contributed by atoms with Gasteiger partial charge in [-0.05, 0) is 69.1 Å². The minimum Gasteiger partial charge on any atom is -0.440 e. The van der Waals surface area contributed by atoms with Crippen LogP contribution >= 0.6 is 23.2 Å². The van der Waals surface area contributed by atoms with Crippen LogP contribution in [0.4, 0.5) is 0 Å². The summed E-state index contributed by atoms with van der Waals surface area (Å²) in [5, 5.41) is 6.08. The second-order valence-corrected chi connectivity index (χ2v) is 12.4. The summed E-state index contributed by atoms with van der Waals surface area (Å²) in [6.07, 6.45) is 0. The Hall–Kier alpha value is -4.64. The maximum absolute atomic E-state index is 6.55. The van der Waals surface area contributed by atoms with Gasteiger partial charge in [0.25, 0.3) is 0 Å². The lowest BCUT2D eigenvalue weighted by molar-refractivity contribution is 0.173. The topological polar surface area (TPSA) is 52.1 Å². The van der Waals surface area contributed by atoms with Gasteiger partial charge < -0.3 is 8.83 Å². The highest BCUT2D eigenvalue weighted by Gasteiger charge is 2.58. The lowest BCUT2D eigenvalue weighted by atomic mass is 9.51. The standard InChI is InChI=1S/C38H24Cl2N2O2/c39-23-15-17-31-29(19-23)41-37(43-31)35-33(27-13-5-9-21-7-1-3-11-25(21)27)34(28-14-6-10-22-8-2-4-12-26(22)28)36(35)38-42-30-20-24(40)16-18-32(30)44-38/h1-20,33-36H/t33-,34+,35+,36-. The van der Waals surface area contributed by atoms with E-state index in [1.54, 1.807) is 0 Å². The Morgan fingerprint density at radius 2 is 0.886 bits per heavy atom. The Kier molecular flexibility index (Phi) is 5.84. The Balaban J connectivity index is 1.33. The van der Waals surface area contributed by atoms with Gasteiger partial charge in [-0.3, -0.25) is 0 Å². The largest absolute Gasteiger partial charge is 0.440 e. The highest BCUT2D eigenvalue weighted by Crippen LogP contribution is 2.67. The molecule has 9 rings (SSSR count). The molecule has 0 saturated heterocycles. The van der Waals surface area contributed by atoms with Crippen LogP contribution in [-0.4, -0.2) is 9.97 Å². The van der Waals surface area contributed by atoms with E-state index < -0.39 is 0 Å². The molecule has 4 atom stereocenters. The first kappa shape index (κ1) is 25.8. The summed E-state index contributed by atoms with van der Waals surface area (Å²) in [5.41, 5.74) is 5.39. The molecule has 0 N–H and O–H groups in total. The predicted octanol–water partition coefficient (Wildman–Crippen LogP) is 11.0. The van der Waals surface area contributed by atoms with Crippen molar-refractivity contribution < 1.29 is 8.83 Å². The molecule has 0 bridgehead atoms. The van der Waals surface area contributed by atoms with Crippen molar-refractivity contribution >= 4 is 66.9 Å². The van der Waals surface area contributed by atoms with E-state index in [4.69, 9.17) is 42.0 Å². The molecule has 2 aromatic heterocycles. The Bertz CT molecular complexity index is 2200. The minimum atomic E-state index is -0.153. The lowest BCUT2D eigenvalue weighted by Gasteiger charge is -2.50. The maximum Gasteiger partial charge on any atom is 0.200 e. The fraction of sp³-hybridized carbons (Fsp3) is 0.105. The Labute approximate surface area is 262 Å². The van der Waals surface area contributed by atoms with Crippen LogP contribution in [0.1, 0.15) is 46.6 Å². The van der Waals surface area contributed by atoms with Crippen LogP contribution < -0.4 is 0 Å². The fourth-order valence-corrected chi connectivity index (χ4v) is 7.67. The second-order valence-electron chi connectivity index (χ2n) is 11.6. The molecule has 8 aromatic rings. The van der Waals surface area contributed by atoms with Crippen LogP contribution in [0.15, 0.2) is 130 Å². The van der Waals surface area contributed by atoms with E-state index in [0.717, 1.165) is 11.0 Å². The van der Waals surface area contributed by atoms with Crippen LogP contribution in [0.2, 0.25) is 10.0 Å². The van der Waals surface area contributed by atoms with Gasteiger partial charge >= 0.3 is 0 Å². The summed E-state index contributed by atoms with van der Waals surface area (Å²) in [4.78, 5) is 10.1. The molecule has 6 heteroatoms. The molecule has 1 aliphatic carbocycles. The highest BCUT2D eigenvalue weighted by molar-refractivity contribution is 6.31. The molecule has 1 saturated carbocycles. The summed E-state index contributed by atoms with van der Waals surface area (Å²) >= 11 is 12.7. The molecule has 0 aliphatic heterocycles. The number of aromatic nitrogens is 2. The van der Waals surface area contributed by atoms with Gasteiger partial charge in [-0.15, -0.1) is 0 Å². The third-order valence-corrected chi connectivity index (χ3v) is 9.69. The quantitative estimate of drug-likeness (QED) is 0.199. The van der Waals surface area contributed by atoms with Gasteiger partial charge in [0.1, 0.15) is 11.0 Å². The first-order valence-electron chi connectivity index (χ1n) is 14.7. The van der Waals surface area contributed by atoms with E-state index in [2.05, 4.69) is 84.9 Å². The van der Waals surface area contributed by atoms with Gasteiger partial charge in [-0.25, -0.2) is 9.97 Å². The van der Waals surface area contributed by atoms with Gasteiger partial charge in [-0.1, -0.05) is 108 Å². The fourth-order valence-electron chi connectivity index (χ4n) is 7.34. The second kappa shape index (κ2) is 9.95. The molecular formula is C38H24Cl2N2O2. The third-order valence-electron chi connectivity index (χ3n) is 9.22. The van der Waals surface area contributed by atoms with Gasteiger partial charge in [-0.2, -0.15) is 0 Å². The summed E-state index contributed by atoms with van der Waals surface area (Å²) in [5.74, 6) is 1.06. The third kappa shape index (κ3) is 3.98. The van der Waals surface area contributed by atoms with Crippen molar-refractivity contribution in [1.29, 1.82) is 0 Å². The van der Waals surface area contributed by atoms with Gasteiger partial charge in [0.2, 0.25) is 0 Å². The van der Waals surface area contributed by atoms with Crippen LogP contribution in [0.5, 0.6) is 0 Å². The van der Waals surface area contributed by atoms with Crippen molar-refractivity contribution in [3.8, 4) is 0 Å². The maximum atomic E-state index is 6.55. The number of rotatable bonds is 4. The Morgan fingerprint density at radius 1 is 0.455 bits per heavy atom. The van der Waals surface area contributed by atoms with E-state index in [9.17, 15) is 0 Å². The van der Waals surface area contributed by atoms with Crippen LogP contribution in [0.3, 0.4) is 0 Å². The molecule has 4 nitrogen and oxygen atoms in total. The number of hydrogen-bond acceptors (Lipinski definition) is 4.